The zero-order valence-corrected chi connectivity index (χ0v) is 6.93. The lowest BCUT2D eigenvalue weighted by Crippen LogP contribution is -2.08. The zero-order chi connectivity index (χ0) is 9.68. The fourth-order valence-corrected chi connectivity index (χ4v) is 0.873. The molecular weight excluding hydrogens is 170 g/mol. The maximum atomic E-state index is 10.3. The minimum atomic E-state index is -0.474. The molecule has 0 saturated heterocycles. The van der Waals surface area contributed by atoms with Gasteiger partial charge in [-0.3, -0.25) is 15.1 Å². The summed E-state index contributed by atoms with van der Waals surface area (Å²) in [6.45, 7) is 0.602. The Morgan fingerprint density at radius 1 is 1.62 bits per heavy atom. The van der Waals surface area contributed by atoms with Crippen LogP contribution in [-0.4, -0.2) is 16.5 Å². The van der Waals surface area contributed by atoms with Crippen molar-refractivity contribution in [3.63, 3.8) is 0 Å². The van der Waals surface area contributed by atoms with E-state index in [2.05, 4.69) is 10.3 Å². The van der Waals surface area contributed by atoms with E-state index in [-0.39, 0.29) is 5.69 Å². The van der Waals surface area contributed by atoms with Gasteiger partial charge in [-0.25, -0.2) is 0 Å². The van der Waals surface area contributed by atoms with E-state index in [1.165, 1.54) is 12.3 Å². The standard InChI is InChI=1S/C8H9N3O2/c1-9-5-4-7-2-3-8(6-10-7)11(12)13/h1-3,6,9H,4-5H2. The van der Waals surface area contributed by atoms with E-state index < -0.39 is 4.92 Å². The highest BCUT2D eigenvalue weighted by molar-refractivity contribution is 5.26. The highest BCUT2D eigenvalue weighted by atomic mass is 16.6. The summed E-state index contributed by atoms with van der Waals surface area (Å²) in [6.07, 6.45) is 1.90. The van der Waals surface area contributed by atoms with E-state index in [9.17, 15) is 10.1 Å². The maximum Gasteiger partial charge on any atom is 0.287 e. The van der Waals surface area contributed by atoms with Gasteiger partial charge in [0.15, 0.2) is 0 Å². The van der Waals surface area contributed by atoms with E-state index in [4.69, 9.17) is 7.05 Å². The summed E-state index contributed by atoms with van der Waals surface area (Å²) in [5.74, 6) is 0. The smallest absolute Gasteiger partial charge is 0.287 e. The van der Waals surface area contributed by atoms with Crippen molar-refractivity contribution in [1.29, 1.82) is 0 Å². The van der Waals surface area contributed by atoms with Crippen molar-refractivity contribution in [2.75, 3.05) is 6.54 Å². The lowest BCUT2D eigenvalue weighted by Gasteiger charge is -1.97. The molecule has 0 atom stereocenters. The number of pyridine rings is 1. The average molecular weight is 179 g/mol. The largest absolute Gasteiger partial charge is 0.310 e. The van der Waals surface area contributed by atoms with E-state index in [1.807, 2.05) is 0 Å². The molecule has 0 aliphatic rings. The van der Waals surface area contributed by atoms with Crippen LogP contribution < -0.4 is 5.32 Å². The van der Waals surface area contributed by atoms with Crippen LogP contribution in [0.3, 0.4) is 0 Å². The number of aromatic nitrogens is 1. The summed E-state index contributed by atoms with van der Waals surface area (Å²) >= 11 is 0. The molecule has 0 bridgehead atoms. The Morgan fingerprint density at radius 2 is 2.38 bits per heavy atom. The van der Waals surface area contributed by atoms with Crippen molar-refractivity contribution < 1.29 is 4.92 Å². The molecule has 0 aliphatic carbocycles. The van der Waals surface area contributed by atoms with Crippen LogP contribution in [0.2, 0.25) is 0 Å². The van der Waals surface area contributed by atoms with Gasteiger partial charge < -0.3 is 5.32 Å². The molecule has 68 valence electrons. The quantitative estimate of drug-likeness (QED) is 0.421. The monoisotopic (exact) mass is 179 g/mol. The number of nitrogens with zero attached hydrogens (tertiary/aromatic N) is 2. The minimum absolute atomic E-state index is 0.00413. The van der Waals surface area contributed by atoms with Gasteiger partial charge in [0, 0.05) is 31.8 Å². The molecule has 1 heterocycles. The topological polar surface area (TPSA) is 68.1 Å². The third-order valence-electron chi connectivity index (χ3n) is 1.55. The Morgan fingerprint density at radius 3 is 2.85 bits per heavy atom. The second-order valence-electron chi connectivity index (χ2n) is 2.47. The molecule has 0 fully saturated rings. The van der Waals surface area contributed by atoms with Gasteiger partial charge in [-0.2, -0.15) is 0 Å². The third kappa shape index (κ3) is 2.79. The molecule has 0 unspecified atom stereocenters. The molecule has 0 saturated carbocycles. The Balaban J connectivity index is 2.64. The van der Waals surface area contributed by atoms with E-state index in [0.29, 0.717) is 13.0 Å². The van der Waals surface area contributed by atoms with Crippen LogP contribution in [0.5, 0.6) is 0 Å². The molecule has 5 nitrogen and oxygen atoms in total. The molecule has 5 heteroatoms. The molecular formula is C8H9N3O2. The highest BCUT2D eigenvalue weighted by Gasteiger charge is 2.04. The Labute approximate surface area is 75.9 Å². The van der Waals surface area contributed by atoms with Gasteiger partial charge in [0.1, 0.15) is 6.20 Å². The number of nitro groups is 1. The molecule has 1 aromatic heterocycles. The predicted octanol–water partition coefficient (Wildman–Crippen LogP) is 0.790. The molecule has 0 aliphatic heterocycles. The van der Waals surface area contributed by atoms with Gasteiger partial charge in [0.2, 0.25) is 0 Å². The summed E-state index contributed by atoms with van der Waals surface area (Å²) in [5.41, 5.74) is 0.785. The van der Waals surface area contributed by atoms with Crippen molar-refractivity contribution >= 4 is 5.69 Å². The molecule has 2 radical (unpaired) electrons. The van der Waals surface area contributed by atoms with Crippen molar-refractivity contribution in [1.82, 2.24) is 10.3 Å². The Bertz CT molecular complexity index is 284. The van der Waals surface area contributed by atoms with Crippen LogP contribution in [0.15, 0.2) is 18.3 Å². The third-order valence-corrected chi connectivity index (χ3v) is 1.55. The van der Waals surface area contributed by atoms with Crippen molar-refractivity contribution in [2.45, 2.75) is 6.42 Å². The summed E-state index contributed by atoms with van der Waals surface area (Å²) in [4.78, 5) is 13.7. The van der Waals surface area contributed by atoms with E-state index in [1.54, 1.807) is 6.07 Å². The highest BCUT2D eigenvalue weighted by Crippen LogP contribution is 2.08. The average Bonchev–Trinajstić information content (AvgIpc) is 2.15. The Kier molecular flexibility index (Phi) is 3.33. The summed E-state index contributed by atoms with van der Waals surface area (Å²) in [6, 6.07) is 3.05. The molecule has 1 N–H and O–H groups in total. The van der Waals surface area contributed by atoms with Crippen molar-refractivity contribution in [3.05, 3.63) is 41.2 Å². The predicted molar refractivity (Wildman–Crippen MR) is 46.9 cm³/mol. The van der Waals surface area contributed by atoms with Crippen LogP contribution in [0.1, 0.15) is 5.69 Å². The van der Waals surface area contributed by atoms with Crippen molar-refractivity contribution in [2.24, 2.45) is 0 Å². The van der Waals surface area contributed by atoms with Gasteiger partial charge in [-0.1, -0.05) is 0 Å². The first-order valence-corrected chi connectivity index (χ1v) is 3.77. The van der Waals surface area contributed by atoms with Gasteiger partial charge in [-0.15, -0.1) is 0 Å². The van der Waals surface area contributed by atoms with Crippen LogP contribution in [0.4, 0.5) is 5.69 Å². The van der Waals surface area contributed by atoms with Crippen LogP contribution >= 0.6 is 0 Å². The van der Waals surface area contributed by atoms with Crippen molar-refractivity contribution in [3.8, 4) is 0 Å². The summed E-state index contributed by atoms with van der Waals surface area (Å²) < 4.78 is 0. The first-order valence-electron chi connectivity index (χ1n) is 3.77. The van der Waals surface area contributed by atoms with Gasteiger partial charge >= 0.3 is 0 Å². The fourth-order valence-electron chi connectivity index (χ4n) is 0.873. The lowest BCUT2D eigenvalue weighted by molar-refractivity contribution is -0.385. The first-order chi connectivity index (χ1) is 6.24. The van der Waals surface area contributed by atoms with Crippen LogP contribution in [0, 0.1) is 17.2 Å². The van der Waals surface area contributed by atoms with Crippen LogP contribution in [-0.2, 0) is 6.42 Å². The number of hydrogen-bond donors (Lipinski definition) is 1. The number of hydrogen-bond acceptors (Lipinski definition) is 4. The van der Waals surface area contributed by atoms with Gasteiger partial charge in [0.25, 0.3) is 5.69 Å². The number of rotatable bonds is 4. The van der Waals surface area contributed by atoms with E-state index in [0.717, 1.165) is 5.69 Å². The first kappa shape index (κ1) is 9.60. The summed E-state index contributed by atoms with van der Waals surface area (Å²) in [5, 5.41) is 12.7. The van der Waals surface area contributed by atoms with E-state index >= 15 is 0 Å². The number of nitrogens with one attached hydrogen (secondary N) is 1. The van der Waals surface area contributed by atoms with Gasteiger partial charge in [0.05, 0.1) is 4.92 Å². The molecule has 1 rings (SSSR count). The SMILES string of the molecule is [CH]NCCc1ccc([N+](=O)[O-])cn1. The lowest BCUT2D eigenvalue weighted by atomic mass is 10.2. The second kappa shape index (κ2) is 4.51. The molecule has 1 aromatic rings. The van der Waals surface area contributed by atoms with Gasteiger partial charge in [-0.05, 0) is 6.07 Å². The molecule has 0 aromatic carbocycles. The van der Waals surface area contributed by atoms with Crippen LogP contribution in [0.25, 0.3) is 0 Å². The minimum Gasteiger partial charge on any atom is -0.310 e. The zero-order valence-electron chi connectivity index (χ0n) is 6.93. The Hall–Kier alpha value is -1.49. The fraction of sp³-hybridized carbons (Fsp3) is 0.250. The summed E-state index contributed by atoms with van der Waals surface area (Å²) in [7, 11) is 5.07. The second-order valence-corrected chi connectivity index (χ2v) is 2.47. The molecule has 0 spiro atoms. The normalized spacial score (nSPS) is 9.92. The maximum absolute atomic E-state index is 10.3. The molecule has 13 heavy (non-hydrogen) atoms. The molecule has 0 amide bonds.